The Balaban J connectivity index is 1.70. The van der Waals surface area contributed by atoms with Crippen molar-refractivity contribution < 1.29 is 14.7 Å². The van der Waals surface area contributed by atoms with Crippen molar-refractivity contribution in [2.75, 3.05) is 4.90 Å². The quantitative estimate of drug-likeness (QED) is 0.702. The Labute approximate surface area is 155 Å². The molecular formula is C21H17NO3S. The number of rotatable bonds is 5. The number of anilines is 1. The van der Waals surface area contributed by atoms with Crippen molar-refractivity contribution in [1.29, 1.82) is 0 Å². The molecule has 1 aliphatic rings. The topological polar surface area (TPSA) is 57.6 Å². The molecule has 0 aliphatic carbocycles. The summed E-state index contributed by atoms with van der Waals surface area (Å²) < 4.78 is 0. The second kappa shape index (κ2) is 6.52. The third-order valence-corrected chi connectivity index (χ3v) is 5.55. The summed E-state index contributed by atoms with van der Waals surface area (Å²) in [5.74, 6) is -0.681. The largest absolute Gasteiger partial charge is 0.375 e. The van der Waals surface area contributed by atoms with Crippen LogP contribution in [0.5, 0.6) is 0 Å². The van der Waals surface area contributed by atoms with Crippen LogP contribution in [0, 0.1) is 0 Å². The van der Waals surface area contributed by atoms with Gasteiger partial charge in [-0.25, -0.2) is 0 Å². The van der Waals surface area contributed by atoms with Crippen LogP contribution in [0.3, 0.4) is 0 Å². The number of benzene rings is 2. The molecule has 1 aromatic heterocycles. The maximum atomic E-state index is 13.1. The van der Waals surface area contributed by atoms with Crippen LogP contribution >= 0.6 is 11.3 Å². The van der Waals surface area contributed by atoms with E-state index in [4.69, 9.17) is 0 Å². The molecule has 130 valence electrons. The number of carbonyl (C=O) groups excluding carboxylic acids is 2. The zero-order chi connectivity index (χ0) is 18.1. The van der Waals surface area contributed by atoms with E-state index < -0.39 is 11.5 Å². The van der Waals surface area contributed by atoms with Crippen molar-refractivity contribution in [3.63, 3.8) is 0 Å². The molecule has 1 N–H and O–H groups in total. The Kier molecular flexibility index (Phi) is 4.18. The number of nitrogens with zero attached hydrogens (tertiary/aromatic N) is 1. The number of fused-ring (bicyclic) bond motifs is 1. The third kappa shape index (κ3) is 2.75. The molecule has 0 bridgehead atoms. The summed E-state index contributed by atoms with van der Waals surface area (Å²) in [6, 6.07) is 20.2. The predicted octanol–water partition coefficient (Wildman–Crippen LogP) is 3.76. The van der Waals surface area contributed by atoms with E-state index in [-0.39, 0.29) is 12.2 Å². The van der Waals surface area contributed by atoms with Gasteiger partial charge < -0.3 is 10.0 Å². The number of hydrogen-bond donors (Lipinski definition) is 1. The molecule has 0 radical (unpaired) electrons. The van der Waals surface area contributed by atoms with E-state index in [0.717, 1.165) is 5.56 Å². The lowest BCUT2D eigenvalue weighted by Crippen LogP contribution is -2.41. The molecule has 4 rings (SSSR count). The van der Waals surface area contributed by atoms with E-state index in [1.54, 1.807) is 29.2 Å². The van der Waals surface area contributed by atoms with Gasteiger partial charge in [-0.3, -0.25) is 9.59 Å². The molecular weight excluding hydrogens is 346 g/mol. The SMILES string of the molecule is O=C(CC1(O)C(=O)N(Cc2ccccc2)c2ccccc21)c1cccs1. The van der Waals surface area contributed by atoms with Crippen LogP contribution in [0.4, 0.5) is 5.69 Å². The van der Waals surface area contributed by atoms with Crippen LogP contribution in [-0.4, -0.2) is 16.8 Å². The van der Waals surface area contributed by atoms with Crippen LogP contribution in [0.2, 0.25) is 0 Å². The number of thiophene rings is 1. The number of amides is 1. The van der Waals surface area contributed by atoms with Gasteiger partial charge in [0.05, 0.1) is 23.5 Å². The minimum atomic E-state index is -1.83. The standard InChI is InChI=1S/C21H17NO3S/c23-18(19-11-6-12-26-19)13-21(25)16-9-4-5-10-17(16)22(20(21)24)14-15-7-2-1-3-8-15/h1-12,25H,13-14H2. The molecule has 0 saturated heterocycles. The molecule has 1 amide bonds. The van der Waals surface area contributed by atoms with Crippen molar-refractivity contribution in [1.82, 2.24) is 0 Å². The Bertz CT molecular complexity index is 952. The Hall–Kier alpha value is -2.76. The predicted molar refractivity (Wildman–Crippen MR) is 101 cm³/mol. The number of carbonyl (C=O) groups is 2. The summed E-state index contributed by atoms with van der Waals surface area (Å²) in [6.07, 6.45) is -0.255. The normalized spacial score (nSPS) is 18.8. The highest BCUT2D eigenvalue weighted by Crippen LogP contribution is 2.43. The molecule has 0 fully saturated rings. The van der Waals surface area contributed by atoms with Gasteiger partial charge in [0.1, 0.15) is 0 Å². The molecule has 0 spiro atoms. The molecule has 1 aliphatic heterocycles. The van der Waals surface area contributed by atoms with Gasteiger partial charge in [-0.15, -0.1) is 11.3 Å². The van der Waals surface area contributed by atoms with E-state index in [1.165, 1.54) is 11.3 Å². The first-order valence-corrected chi connectivity index (χ1v) is 9.22. The van der Waals surface area contributed by atoms with E-state index >= 15 is 0 Å². The van der Waals surface area contributed by atoms with Gasteiger partial charge in [0.2, 0.25) is 0 Å². The minimum Gasteiger partial charge on any atom is -0.375 e. The fourth-order valence-corrected chi connectivity index (χ4v) is 4.02. The zero-order valence-electron chi connectivity index (χ0n) is 14.0. The molecule has 2 aromatic carbocycles. The summed E-state index contributed by atoms with van der Waals surface area (Å²) in [4.78, 5) is 27.8. The van der Waals surface area contributed by atoms with E-state index in [2.05, 4.69) is 0 Å². The van der Waals surface area contributed by atoms with E-state index in [0.29, 0.717) is 22.7 Å². The third-order valence-electron chi connectivity index (χ3n) is 4.64. The first-order valence-electron chi connectivity index (χ1n) is 8.34. The first-order chi connectivity index (χ1) is 12.6. The van der Waals surface area contributed by atoms with Crippen LogP contribution in [0.25, 0.3) is 0 Å². The van der Waals surface area contributed by atoms with Crippen LogP contribution in [0.15, 0.2) is 72.1 Å². The molecule has 1 atom stereocenters. The average Bonchev–Trinajstić information content (AvgIpc) is 3.26. The fraction of sp³-hybridized carbons (Fsp3) is 0.143. The van der Waals surface area contributed by atoms with Crippen molar-refractivity contribution in [2.45, 2.75) is 18.6 Å². The maximum absolute atomic E-state index is 13.1. The minimum absolute atomic E-state index is 0.229. The fourth-order valence-electron chi connectivity index (χ4n) is 3.36. The molecule has 2 heterocycles. The van der Waals surface area contributed by atoms with Crippen LogP contribution in [-0.2, 0) is 16.9 Å². The number of para-hydroxylation sites is 1. The number of ketones is 1. The summed E-state index contributed by atoms with van der Waals surface area (Å²) >= 11 is 1.31. The highest BCUT2D eigenvalue weighted by Gasteiger charge is 2.50. The summed E-state index contributed by atoms with van der Waals surface area (Å²) in [7, 11) is 0. The average molecular weight is 363 g/mol. The van der Waals surface area contributed by atoms with Gasteiger partial charge in [-0.05, 0) is 23.1 Å². The number of hydrogen-bond acceptors (Lipinski definition) is 4. The van der Waals surface area contributed by atoms with E-state index in [9.17, 15) is 14.7 Å². The Morgan fingerprint density at radius 2 is 1.73 bits per heavy atom. The lowest BCUT2D eigenvalue weighted by molar-refractivity contribution is -0.136. The maximum Gasteiger partial charge on any atom is 0.264 e. The summed E-state index contributed by atoms with van der Waals surface area (Å²) in [6.45, 7) is 0.353. The molecule has 3 aromatic rings. The molecule has 26 heavy (non-hydrogen) atoms. The summed E-state index contributed by atoms with van der Waals surface area (Å²) in [5.41, 5.74) is 0.282. The van der Waals surface area contributed by atoms with Gasteiger partial charge in [0, 0.05) is 5.56 Å². The second-order valence-electron chi connectivity index (χ2n) is 6.33. The van der Waals surface area contributed by atoms with E-state index in [1.807, 2.05) is 47.8 Å². The van der Waals surface area contributed by atoms with Crippen molar-refractivity contribution in [2.24, 2.45) is 0 Å². The Morgan fingerprint density at radius 1 is 1.00 bits per heavy atom. The molecule has 4 nitrogen and oxygen atoms in total. The number of Topliss-reactive ketones (excluding diaryl/α,β-unsaturated/α-hetero) is 1. The van der Waals surface area contributed by atoms with Gasteiger partial charge in [-0.1, -0.05) is 54.6 Å². The lowest BCUT2D eigenvalue weighted by Gasteiger charge is -2.22. The van der Waals surface area contributed by atoms with Gasteiger partial charge >= 0.3 is 0 Å². The smallest absolute Gasteiger partial charge is 0.264 e. The second-order valence-corrected chi connectivity index (χ2v) is 7.28. The monoisotopic (exact) mass is 363 g/mol. The van der Waals surface area contributed by atoms with Crippen LogP contribution in [0.1, 0.15) is 27.2 Å². The molecule has 1 unspecified atom stereocenters. The van der Waals surface area contributed by atoms with Crippen molar-refractivity contribution >= 4 is 28.7 Å². The first kappa shape index (κ1) is 16.7. The summed E-state index contributed by atoms with van der Waals surface area (Å²) in [5, 5.41) is 13.0. The Morgan fingerprint density at radius 3 is 2.46 bits per heavy atom. The van der Waals surface area contributed by atoms with Crippen molar-refractivity contribution in [3.8, 4) is 0 Å². The van der Waals surface area contributed by atoms with Crippen LogP contribution < -0.4 is 4.90 Å². The number of aliphatic hydroxyl groups is 1. The highest BCUT2D eigenvalue weighted by molar-refractivity contribution is 7.12. The zero-order valence-corrected chi connectivity index (χ0v) is 14.8. The van der Waals surface area contributed by atoms with Crippen molar-refractivity contribution in [3.05, 3.63) is 88.1 Å². The van der Waals surface area contributed by atoms with Gasteiger partial charge in [-0.2, -0.15) is 0 Å². The molecule has 5 heteroatoms. The molecule has 0 saturated carbocycles. The highest BCUT2D eigenvalue weighted by atomic mass is 32.1. The lowest BCUT2D eigenvalue weighted by atomic mass is 9.89. The van der Waals surface area contributed by atoms with Gasteiger partial charge in [0.15, 0.2) is 11.4 Å². The van der Waals surface area contributed by atoms with Gasteiger partial charge in [0.25, 0.3) is 5.91 Å².